The topological polar surface area (TPSA) is 78.5 Å². The van der Waals surface area contributed by atoms with E-state index in [1.165, 1.54) is 6.07 Å². The van der Waals surface area contributed by atoms with Crippen LogP contribution >= 0.6 is 0 Å². The van der Waals surface area contributed by atoms with E-state index in [-0.39, 0.29) is 5.92 Å². The molecule has 2 atom stereocenters. The lowest BCUT2D eigenvalue weighted by Crippen LogP contribution is -2.54. The Bertz CT molecular complexity index is 720. The first kappa shape index (κ1) is 17.3. The summed E-state index contributed by atoms with van der Waals surface area (Å²) in [6.07, 6.45) is 3.14. The van der Waals surface area contributed by atoms with Gasteiger partial charge in [-0.25, -0.2) is 13.6 Å². The van der Waals surface area contributed by atoms with Gasteiger partial charge in [-0.1, -0.05) is 25.8 Å². The lowest BCUT2D eigenvalue weighted by atomic mass is 9.73. The van der Waals surface area contributed by atoms with Crippen molar-refractivity contribution in [2.75, 3.05) is 11.9 Å². The molecule has 1 aromatic rings. The molecule has 1 aliphatic carbocycles. The zero-order valence-electron chi connectivity index (χ0n) is 13.8. The Morgan fingerprint density at radius 3 is 2.64 bits per heavy atom. The molecule has 1 spiro atoms. The van der Waals surface area contributed by atoms with Crippen LogP contribution in [0.25, 0.3) is 0 Å². The van der Waals surface area contributed by atoms with Crippen LogP contribution in [0, 0.1) is 17.6 Å². The van der Waals surface area contributed by atoms with Crippen LogP contribution in [0.2, 0.25) is 0 Å². The average molecular weight is 351 g/mol. The number of benzene rings is 1. The van der Waals surface area contributed by atoms with Gasteiger partial charge < -0.3 is 10.6 Å². The fraction of sp³-hybridized carbons (Fsp3) is 0.471. The van der Waals surface area contributed by atoms with Crippen molar-refractivity contribution in [3.8, 4) is 0 Å². The highest BCUT2D eigenvalue weighted by Gasteiger charge is 2.55. The standard InChI is InChI=1S/C17H19F2N3O3/c1-10-5-2-3-8-17(10)15(24)22(16(25)21-17)9-13(23)20-14-11(18)6-4-7-12(14)19/h4,6-7,10H,2-3,5,8-9H2,1H3,(H,20,23)(H,21,25)/t10-,17-/m0/s1. The van der Waals surface area contributed by atoms with E-state index >= 15 is 0 Å². The van der Waals surface area contributed by atoms with Gasteiger partial charge in [-0.15, -0.1) is 0 Å². The van der Waals surface area contributed by atoms with Crippen molar-refractivity contribution in [1.82, 2.24) is 10.2 Å². The van der Waals surface area contributed by atoms with Gasteiger partial charge in [0.25, 0.3) is 5.91 Å². The van der Waals surface area contributed by atoms with Crippen molar-refractivity contribution in [3.63, 3.8) is 0 Å². The number of urea groups is 1. The predicted molar refractivity (Wildman–Crippen MR) is 85.6 cm³/mol. The van der Waals surface area contributed by atoms with Crippen LogP contribution in [0.1, 0.15) is 32.6 Å². The number of halogens is 2. The van der Waals surface area contributed by atoms with Crippen molar-refractivity contribution < 1.29 is 23.2 Å². The molecule has 8 heteroatoms. The van der Waals surface area contributed by atoms with Gasteiger partial charge in [-0.3, -0.25) is 14.5 Å². The molecule has 1 saturated heterocycles. The number of carbonyl (C=O) groups excluding carboxylic acids is 3. The normalized spacial score (nSPS) is 26.0. The van der Waals surface area contributed by atoms with E-state index in [2.05, 4.69) is 10.6 Å². The maximum absolute atomic E-state index is 13.6. The van der Waals surface area contributed by atoms with Gasteiger partial charge >= 0.3 is 6.03 Å². The Morgan fingerprint density at radius 2 is 2.00 bits per heavy atom. The van der Waals surface area contributed by atoms with Crippen LogP contribution in [0.3, 0.4) is 0 Å². The van der Waals surface area contributed by atoms with E-state index < -0.39 is 47.3 Å². The molecule has 2 aliphatic rings. The van der Waals surface area contributed by atoms with E-state index in [0.29, 0.717) is 6.42 Å². The third kappa shape index (κ3) is 2.96. The van der Waals surface area contributed by atoms with Gasteiger partial charge in [0, 0.05) is 0 Å². The van der Waals surface area contributed by atoms with E-state index in [4.69, 9.17) is 0 Å². The maximum Gasteiger partial charge on any atom is 0.325 e. The van der Waals surface area contributed by atoms with Gasteiger partial charge in [0.2, 0.25) is 5.91 Å². The summed E-state index contributed by atoms with van der Waals surface area (Å²) in [5.41, 5.74) is -1.57. The van der Waals surface area contributed by atoms with Crippen LogP contribution in [-0.2, 0) is 9.59 Å². The highest BCUT2D eigenvalue weighted by molar-refractivity contribution is 6.10. The minimum Gasteiger partial charge on any atom is -0.323 e. The van der Waals surface area contributed by atoms with E-state index in [1.54, 1.807) is 0 Å². The molecule has 1 aromatic carbocycles. The molecule has 6 nitrogen and oxygen atoms in total. The lowest BCUT2D eigenvalue weighted by molar-refractivity contribution is -0.136. The largest absolute Gasteiger partial charge is 0.325 e. The molecular formula is C17H19F2N3O3. The summed E-state index contributed by atoms with van der Waals surface area (Å²) in [5.74, 6) is -3.18. The van der Waals surface area contributed by atoms with Crippen molar-refractivity contribution in [3.05, 3.63) is 29.8 Å². The van der Waals surface area contributed by atoms with Crippen molar-refractivity contribution in [1.29, 1.82) is 0 Å². The number of imide groups is 1. The van der Waals surface area contributed by atoms with Crippen molar-refractivity contribution in [2.24, 2.45) is 5.92 Å². The number of nitrogens with zero attached hydrogens (tertiary/aromatic N) is 1. The van der Waals surface area contributed by atoms with Crippen LogP contribution < -0.4 is 10.6 Å². The monoisotopic (exact) mass is 351 g/mol. The number of rotatable bonds is 3. The fourth-order valence-corrected chi connectivity index (χ4v) is 3.58. The Kier molecular flexibility index (Phi) is 4.45. The summed E-state index contributed by atoms with van der Waals surface area (Å²) < 4.78 is 27.2. The minimum absolute atomic E-state index is 0.0326. The second-order valence-corrected chi connectivity index (χ2v) is 6.58. The zero-order chi connectivity index (χ0) is 18.2. The molecule has 1 saturated carbocycles. The third-order valence-electron chi connectivity index (χ3n) is 5.03. The van der Waals surface area contributed by atoms with Crippen LogP contribution in [0.5, 0.6) is 0 Å². The van der Waals surface area contributed by atoms with Crippen molar-refractivity contribution in [2.45, 2.75) is 38.1 Å². The zero-order valence-corrected chi connectivity index (χ0v) is 13.8. The van der Waals surface area contributed by atoms with E-state index in [9.17, 15) is 23.2 Å². The van der Waals surface area contributed by atoms with Crippen LogP contribution in [0.15, 0.2) is 18.2 Å². The molecule has 0 radical (unpaired) electrons. The second kappa shape index (κ2) is 6.42. The Balaban J connectivity index is 1.73. The molecule has 4 amide bonds. The molecule has 1 aliphatic heterocycles. The van der Waals surface area contributed by atoms with Gasteiger partial charge in [0.15, 0.2) is 0 Å². The highest BCUT2D eigenvalue weighted by atomic mass is 19.1. The first-order chi connectivity index (χ1) is 11.8. The summed E-state index contributed by atoms with van der Waals surface area (Å²) in [6, 6.07) is 2.53. The van der Waals surface area contributed by atoms with Gasteiger partial charge in [-0.2, -0.15) is 0 Å². The molecule has 3 rings (SSSR count). The Labute approximate surface area is 143 Å². The number of nitrogens with one attached hydrogen (secondary N) is 2. The van der Waals surface area contributed by atoms with E-state index in [1.807, 2.05) is 6.92 Å². The number of hydrogen-bond donors (Lipinski definition) is 2. The molecule has 0 aromatic heterocycles. The predicted octanol–water partition coefficient (Wildman–Crippen LogP) is 2.40. The smallest absolute Gasteiger partial charge is 0.323 e. The molecule has 25 heavy (non-hydrogen) atoms. The highest BCUT2D eigenvalue weighted by Crippen LogP contribution is 2.38. The molecule has 134 valence electrons. The van der Waals surface area contributed by atoms with Crippen molar-refractivity contribution >= 4 is 23.5 Å². The summed E-state index contributed by atoms with van der Waals surface area (Å²) >= 11 is 0. The molecular weight excluding hydrogens is 332 g/mol. The number of carbonyl (C=O) groups is 3. The van der Waals surface area contributed by atoms with Crippen LogP contribution in [-0.4, -0.2) is 34.8 Å². The Morgan fingerprint density at radius 1 is 1.32 bits per heavy atom. The first-order valence-corrected chi connectivity index (χ1v) is 8.23. The maximum atomic E-state index is 13.6. The molecule has 0 unspecified atom stereocenters. The van der Waals surface area contributed by atoms with E-state index in [0.717, 1.165) is 36.3 Å². The summed E-state index contributed by atoms with van der Waals surface area (Å²) in [4.78, 5) is 37.8. The molecule has 1 heterocycles. The Hall–Kier alpha value is -2.51. The fourth-order valence-electron chi connectivity index (χ4n) is 3.58. The van der Waals surface area contributed by atoms with Crippen LogP contribution in [0.4, 0.5) is 19.3 Å². The first-order valence-electron chi connectivity index (χ1n) is 8.23. The number of amides is 4. The van der Waals surface area contributed by atoms with Gasteiger partial charge in [0.05, 0.1) is 0 Å². The quantitative estimate of drug-likeness (QED) is 0.821. The lowest BCUT2D eigenvalue weighted by Gasteiger charge is -2.36. The second-order valence-electron chi connectivity index (χ2n) is 6.58. The summed E-state index contributed by atoms with van der Waals surface area (Å²) in [6.45, 7) is 1.31. The van der Waals surface area contributed by atoms with Gasteiger partial charge in [-0.05, 0) is 30.9 Å². The molecule has 0 bridgehead atoms. The van der Waals surface area contributed by atoms with Gasteiger partial charge in [0.1, 0.15) is 29.4 Å². The number of para-hydroxylation sites is 1. The molecule has 2 fully saturated rings. The summed E-state index contributed by atoms with van der Waals surface area (Å²) in [7, 11) is 0. The number of anilines is 1. The third-order valence-corrected chi connectivity index (χ3v) is 5.03. The summed E-state index contributed by atoms with van der Waals surface area (Å²) in [5, 5.41) is 4.81. The average Bonchev–Trinajstić information content (AvgIpc) is 2.79. The SMILES string of the molecule is C[C@H]1CCCC[C@]12NC(=O)N(CC(=O)Nc1c(F)cccc1F)C2=O. The minimum atomic E-state index is -0.973. The molecule has 2 N–H and O–H groups in total. The number of hydrogen-bond acceptors (Lipinski definition) is 3.